The third-order valence-corrected chi connectivity index (χ3v) is 3.13. The summed E-state index contributed by atoms with van der Waals surface area (Å²) in [7, 11) is 0. The molecular weight excluding hydrogens is 330 g/mol. The van der Waals surface area contributed by atoms with Crippen molar-refractivity contribution in [2.24, 2.45) is 0 Å². The lowest BCUT2D eigenvalue weighted by Gasteiger charge is -2.17. The largest absolute Gasteiger partial charge is 0.483 e. The standard InChI is InChI=1S/C13H16BrNO5/c1-7-3-4-10(9(14)5-7)20-6-11(17)15-12(8(2)16)13(18)19/h3-5,8,12,16H,6H2,1-2H3,(H,15,17)(H,18,19). The van der Waals surface area contributed by atoms with Crippen molar-refractivity contribution in [3.8, 4) is 5.75 Å². The summed E-state index contributed by atoms with van der Waals surface area (Å²) >= 11 is 3.30. The molecule has 110 valence electrons. The number of amides is 1. The summed E-state index contributed by atoms with van der Waals surface area (Å²) in [5, 5.41) is 20.3. The molecule has 0 aliphatic carbocycles. The van der Waals surface area contributed by atoms with Crippen molar-refractivity contribution >= 4 is 27.8 Å². The second-order valence-corrected chi connectivity index (χ2v) is 5.20. The Bertz CT molecular complexity index is 504. The molecular formula is C13H16BrNO5. The molecule has 1 aromatic rings. The van der Waals surface area contributed by atoms with Gasteiger partial charge in [-0.2, -0.15) is 0 Å². The fourth-order valence-corrected chi connectivity index (χ4v) is 2.08. The van der Waals surface area contributed by atoms with Crippen molar-refractivity contribution in [2.75, 3.05) is 6.61 Å². The van der Waals surface area contributed by atoms with Gasteiger partial charge in [-0.25, -0.2) is 4.79 Å². The van der Waals surface area contributed by atoms with Crippen molar-refractivity contribution in [1.82, 2.24) is 5.32 Å². The number of carboxylic acid groups (broad SMARTS) is 1. The van der Waals surface area contributed by atoms with Gasteiger partial charge >= 0.3 is 5.97 Å². The Hall–Kier alpha value is -1.60. The Balaban J connectivity index is 2.57. The number of nitrogens with one attached hydrogen (secondary N) is 1. The predicted octanol–water partition coefficient (Wildman–Crippen LogP) is 1.09. The smallest absolute Gasteiger partial charge is 0.328 e. The maximum atomic E-state index is 11.6. The van der Waals surface area contributed by atoms with Gasteiger partial charge in [-0.05, 0) is 47.5 Å². The molecule has 1 aromatic carbocycles. The Morgan fingerprint density at radius 2 is 2.10 bits per heavy atom. The molecule has 0 fully saturated rings. The van der Waals surface area contributed by atoms with Crippen LogP contribution in [0.25, 0.3) is 0 Å². The SMILES string of the molecule is Cc1ccc(OCC(=O)NC(C(=O)O)C(C)O)c(Br)c1. The van der Waals surface area contributed by atoms with E-state index in [0.29, 0.717) is 10.2 Å². The number of aliphatic carboxylic acids is 1. The number of aryl methyl sites for hydroxylation is 1. The molecule has 1 amide bonds. The first-order valence-corrected chi connectivity index (χ1v) is 6.69. The van der Waals surface area contributed by atoms with Crippen LogP contribution in [0.3, 0.4) is 0 Å². The molecule has 3 N–H and O–H groups in total. The van der Waals surface area contributed by atoms with Gasteiger partial charge in [0.05, 0.1) is 10.6 Å². The average Bonchev–Trinajstić information content (AvgIpc) is 2.34. The van der Waals surface area contributed by atoms with Gasteiger partial charge in [0.25, 0.3) is 5.91 Å². The van der Waals surface area contributed by atoms with Crippen molar-refractivity contribution in [2.45, 2.75) is 26.0 Å². The van der Waals surface area contributed by atoms with Crippen LogP contribution >= 0.6 is 15.9 Å². The zero-order chi connectivity index (χ0) is 15.3. The number of carbonyl (C=O) groups is 2. The lowest BCUT2D eigenvalue weighted by atomic mass is 10.2. The molecule has 1 rings (SSSR count). The van der Waals surface area contributed by atoms with Gasteiger partial charge in [-0.3, -0.25) is 4.79 Å². The molecule has 0 aliphatic rings. The third-order valence-electron chi connectivity index (χ3n) is 2.51. The zero-order valence-electron chi connectivity index (χ0n) is 11.1. The highest BCUT2D eigenvalue weighted by Gasteiger charge is 2.25. The predicted molar refractivity (Wildman–Crippen MR) is 75.6 cm³/mol. The fourth-order valence-electron chi connectivity index (χ4n) is 1.47. The van der Waals surface area contributed by atoms with Crippen molar-refractivity contribution in [1.29, 1.82) is 0 Å². The fraction of sp³-hybridized carbons (Fsp3) is 0.385. The minimum Gasteiger partial charge on any atom is -0.483 e. The first-order valence-electron chi connectivity index (χ1n) is 5.90. The maximum Gasteiger partial charge on any atom is 0.328 e. The van der Waals surface area contributed by atoms with Gasteiger partial charge in [-0.1, -0.05) is 6.07 Å². The van der Waals surface area contributed by atoms with Crippen LogP contribution in [0.4, 0.5) is 0 Å². The van der Waals surface area contributed by atoms with E-state index in [9.17, 15) is 14.7 Å². The van der Waals surface area contributed by atoms with E-state index < -0.39 is 24.0 Å². The minimum absolute atomic E-state index is 0.335. The number of benzene rings is 1. The summed E-state index contributed by atoms with van der Waals surface area (Å²) in [6, 6.07) is 4.01. The number of carbonyl (C=O) groups excluding carboxylic acids is 1. The number of hydrogen-bond acceptors (Lipinski definition) is 4. The van der Waals surface area contributed by atoms with E-state index >= 15 is 0 Å². The molecule has 0 aliphatic heterocycles. The Kier molecular flexibility index (Phi) is 5.97. The molecule has 7 heteroatoms. The van der Waals surface area contributed by atoms with E-state index in [1.807, 2.05) is 19.1 Å². The van der Waals surface area contributed by atoms with Crippen LogP contribution in [0.2, 0.25) is 0 Å². The van der Waals surface area contributed by atoms with Crippen LogP contribution in [-0.2, 0) is 9.59 Å². The van der Waals surface area contributed by atoms with Crippen molar-refractivity contribution in [3.05, 3.63) is 28.2 Å². The number of hydrogen-bond donors (Lipinski definition) is 3. The van der Waals surface area contributed by atoms with E-state index in [2.05, 4.69) is 21.2 Å². The van der Waals surface area contributed by atoms with Crippen molar-refractivity contribution in [3.63, 3.8) is 0 Å². The highest BCUT2D eigenvalue weighted by Crippen LogP contribution is 2.25. The number of carboxylic acids is 1. The first-order chi connectivity index (χ1) is 9.31. The van der Waals surface area contributed by atoms with E-state index in [0.717, 1.165) is 5.56 Å². The van der Waals surface area contributed by atoms with Gasteiger partial charge in [-0.15, -0.1) is 0 Å². The summed E-state index contributed by atoms with van der Waals surface area (Å²) in [6.45, 7) is 2.87. The van der Waals surface area contributed by atoms with Gasteiger partial charge in [0.2, 0.25) is 0 Å². The van der Waals surface area contributed by atoms with Gasteiger partial charge in [0, 0.05) is 0 Å². The van der Waals surface area contributed by atoms with Crippen LogP contribution in [0, 0.1) is 6.92 Å². The molecule has 0 bridgehead atoms. The van der Waals surface area contributed by atoms with E-state index in [-0.39, 0.29) is 6.61 Å². The monoisotopic (exact) mass is 345 g/mol. The van der Waals surface area contributed by atoms with E-state index in [1.165, 1.54) is 6.92 Å². The van der Waals surface area contributed by atoms with Crippen molar-refractivity contribution < 1.29 is 24.5 Å². The quantitative estimate of drug-likeness (QED) is 0.717. The van der Waals surface area contributed by atoms with Crippen LogP contribution in [0.15, 0.2) is 22.7 Å². The molecule has 0 radical (unpaired) electrons. The van der Waals surface area contributed by atoms with Gasteiger partial charge in [0.1, 0.15) is 5.75 Å². The van der Waals surface area contributed by atoms with E-state index in [4.69, 9.17) is 9.84 Å². The van der Waals surface area contributed by atoms with Gasteiger partial charge < -0.3 is 20.3 Å². The molecule has 0 spiro atoms. The Morgan fingerprint density at radius 3 is 2.60 bits per heavy atom. The molecule has 0 saturated carbocycles. The summed E-state index contributed by atoms with van der Waals surface area (Å²) in [5.41, 5.74) is 1.04. The molecule has 0 saturated heterocycles. The summed E-state index contributed by atoms with van der Waals surface area (Å²) in [4.78, 5) is 22.4. The van der Waals surface area contributed by atoms with Crippen LogP contribution < -0.4 is 10.1 Å². The van der Waals surface area contributed by atoms with Crippen LogP contribution in [0.1, 0.15) is 12.5 Å². The number of ether oxygens (including phenoxy) is 1. The maximum absolute atomic E-state index is 11.6. The normalized spacial score (nSPS) is 13.4. The highest BCUT2D eigenvalue weighted by molar-refractivity contribution is 9.10. The number of aliphatic hydroxyl groups excluding tert-OH is 1. The van der Waals surface area contributed by atoms with Gasteiger partial charge in [0.15, 0.2) is 12.6 Å². The number of halogens is 1. The van der Waals surface area contributed by atoms with Crippen LogP contribution in [-0.4, -0.2) is 40.8 Å². The summed E-state index contributed by atoms with van der Waals surface area (Å²) in [5.74, 6) is -1.44. The zero-order valence-corrected chi connectivity index (χ0v) is 12.7. The Morgan fingerprint density at radius 1 is 1.45 bits per heavy atom. The Labute approximate surface area is 124 Å². The second kappa shape index (κ2) is 7.25. The molecule has 0 aromatic heterocycles. The molecule has 0 heterocycles. The van der Waals surface area contributed by atoms with Crippen LogP contribution in [0.5, 0.6) is 5.75 Å². The lowest BCUT2D eigenvalue weighted by molar-refractivity contribution is -0.145. The lowest BCUT2D eigenvalue weighted by Crippen LogP contribution is -2.49. The summed E-state index contributed by atoms with van der Waals surface area (Å²) in [6.07, 6.45) is -1.19. The first kappa shape index (κ1) is 16.5. The van der Waals surface area contributed by atoms with E-state index in [1.54, 1.807) is 6.07 Å². The third kappa shape index (κ3) is 4.82. The molecule has 20 heavy (non-hydrogen) atoms. The minimum atomic E-state index is -1.35. The molecule has 2 atom stereocenters. The number of aliphatic hydroxyl groups is 1. The highest BCUT2D eigenvalue weighted by atomic mass is 79.9. The second-order valence-electron chi connectivity index (χ2n) is 4.35. The molecule has 6 nitrogen and oxygen atoms in total. The average molecular weight is 346 g/mol. The summed E-state index contributed by atoms with van der Waals surface area (Å²) < 4.78 is 5.98. The topological polar surface area (TPSA) is 95.9 Å². The molecule has 2 unspecified atom stereocenters. The number of rotatable bonds is 6.